The molecule has 1 N–H and O–H groups in total. The van der Waals surface area contributed by atoms with Gasteiger partial charge in [0.2, 0.25) is 0 Å². The predicted molar refractivity (Wildman–Crippen MR) is 128 cm³/mol. The van der Waals surface area contributed by atoms with Gasteiger partial charge in [0.05, 0.1) is 23.4 Å². The average molecular weight is 522 g/mol. The van der Waals surface area contributed by atoms with Gasteiger partial charge in [-0.2, -0.15) is 31.4 Å². The molecule has 0 saturated heterocycles. The third kappa shape index (κ3) is 5.21. The molecule has 2 heterocycles. The van der Waals surface area contributed by atoms with E-state index in [9.17, 15) is 26.3 Å². The standard InChI is InChI=1S/C26H24F6N4O/c1-5-37-21-8-6-20(7-9-21)36-15(3)22-14(2)34-35-24(23(22)16(36)4)33-13-17-10-18(25(27,28)29)12-19(11-17)26(30,31)32/h6-12H,5,13H2,1-4H3,(H,33,35). The molecule has 5 nitrogen and oxygen atoms in total. The number of nitrogens with one attached hydrogen (secondary N) is 1. The molecule has 0 bridgehead atoms. The average Bonchev–Trinajstić information content (AvgIpc) is 3.09. The normalized spacial score (nSPS) is 12.3. The number of rotatable bonds is 6. The highest BCUT2D eigenvalue weighted by molar-refractivity contribution is 5.98. The minimum Gasteiger partial charge on any atom is -0.494 e. The topological polar surface area (TPSA) is 52.0 Å². The Morgan fingerprint density at radius 2 is 1.38 bits per heavy atom. The maximum atomic E-state index is 13.3. The van der Waals surface area contributed by atoms with Crippen LogP contribution in [0.1, 0.15) is 40.7 Å². The number of anilines is 1. The van der Waals surface area contributed by atoms with E-state index >= 15 is 0 Å². The second-order valence-electron chi connectivity index (χ2n) is 8.58. The number of hydrogen-bond acceptors (Lipinski definition) is 4. The Hall–Kier alpha value is -3.76. The van der Waals surface area contributed by atoms with Gasteiger partial charge >= 0.3 is 12.4 Å². The lowest BCUT2D eigenvalue weighted by molar-refractivity contribution is -0.143. The lowest BCUT2D eigenvalue weighted by atomic mass is 10.0. The molecule has 0 aliphatic heterocycles. The van der Waals surface area contributed by atoms with Crippen LogP contribution in [-0.2, 0) is 18.9 Å². The molecule has 4 aromatic rings. The van der Waals surface area contributed by atoms with Crippen LogP contribution in [0.4, 0.5) is 32.2 Å². The second-order valence-corrected chi connectivity index (χ2v) is 8.58. The summed E-state index contributed by atoms with van der Waals surface area (Å²) in [5.74, 6) is 0.983. The Kier molecular flexibility index (Phi) is 6.83. The van der Waals surface area contributed by atoms with Crippen molar-refractivity contribution in [1.29, 1.82) is 0 Å². The van der Waals surface area contributed by atoms with Crippen LogP contribution in [0, 0.1) is 20.8 Å². The van der Waals surface area contributed by atoms with Gasteiger partial charge in [-0.1, -0.05) is 0 Å². The van der Waals surface area contributed by atoms with Gasteiger partial charge in [0.15, 0.2) is 5.82 Å². The van der Waals surface area contributed by atoms with Gasteiger partial charge in [-0.25, -0.2) is 0 Å². The highest BCUT2D eigenvalue weighted by Crippen LogP contribution is 2.37. The molecule has 2 aromatic heterocycles. The van der Waals surface area contributed by atoms with Crippen molar-refractivity contribution in [3.8, 4) is 11.4 Å². The summed E-state index contributed by atoms with van der Waals surface area (Å²) in [6.07, 6.45) is -9.84. The predicted octanol–water partition coefficient (Wildman–Crippen LogP) is 7.39. The van der Waals surface area contributed by atoms with Crippen molar-refractivity contribution >= 4 is 16.6 Å². The van der Waals surface area contributed by atoms with Crippen molar-refractivity contribution in [2.24, 2.45) is 0 Å². The van der Waals surface area contributed by atoms with Gasteiger partial charge < -0.3 is 14.6 Å². The van der Waals surface area contributed by atoms with E-state index in [0.29, 0.717) is 29.8 Å². The first-order valence-electron chi connectivity index (χ1n) is 11.4. The van der Waals surface area contributed by atoms with Crippen molar-refractivity contribution in [3.05, 3.63) is 76.2 Å². The Balaban J connectivity index is 1.75. The first-order valence-corrected chi connectivity index (χ1v) is 11.4. The molecule has 0 spiro atoms. The van der Waals surface area contributed by atoms with Crippen molar-refractivity contribution in [3.63, 3.8) is 0 Å². The number of halogens is 6. The maximum Gasteiger partial charge on any atom is 0.416 e. The minimum atomic E-state index is -4.92. The summed E-state index contributed by atoms with van der Waals surface area (Å²) < 4.78 is 87.1. The monoisotopic (exact) mass is 522 g/mol. The summed E-state index contributed by atoms with van der Waals surface area (Å²) in [5.41, 5.74) is 0.235. The third-order valence-electron chi connectivity index (χ3n) is 6.06. The number of alkyl halides is 6. The molecular weight excluding hydrogens is 498 g/mol. The summed E-state index contributed by atoms with van der Waals surface area (Å²) in [6, 6.07) is 8.99. The van der Waals surface area contributed by atoms with Gasteiger partial charge in [0.1, 0.15) is 5.75 Å². The summed E-state index contributed by atoms with van der Waals surface area (Å²) in [7, 11) is 0. The zero-order chi connectivity index (χ0) is 27.1. The minimum absolute atomic E-state index is 0.109. The molecular formula is C26H24F6N4O. The molecule has 0 fully saturated rings. The van der Waals surface area contributed by atoms with Gasteiger partial charge in [0, 0.05) is 34.4 Å². The number of benzene rings is 2. The largest absolute Gasteiger partial charge is 0.494 e. The van der Waals surface area contributed by atoms with E-state index in [1.54, 1.807) is 6.92 Å². The van der Waals surface area contributed by atoms with Crippen LogP contribution in [0.2, 0.25) is 0 Å². The van der Waals surface area contributed by atoms with Crippen molar-refractivity contribution in [1.82, 2.24) is 14.8 Å². The Labute approximate surface area is 209 Å². The van der Waals surface area contributed by atoms with Crippen molar-refractivity contribution < 1.29 is 31.1 Å². The molecule has 196 valence electrons. The van der Waals surface area contributed by atoms with E-state index in [1.165, 1.54) is 0 Å². The van der Waals surface area contributed by atoms with Crippen LogP contribution in [0.3, 0.4) is 0 Å². The highest BCUT2D eigenvalue weighted by Gasteiger charge is 2.36. The number of aromatic nitrogens is 3. The number of ether oxygens (including phenoxy) is 1. The molecule has 2 aromatic carbocycles. The molecule has 37 heavy (non-hydrogen) atoms. The molecule has 11 heteroatoms. The molecule has 0 aliphatic carbocycles. The van der Waals surface area contributed by atoms with Gasteiger partial charge in [-0.3, -0.25) is 0 Å². The Morgan fingerprint density at radius 1 is 0.811 bits per heavy atom. The van der Waals surface area contributed by atoms with E-state index in [2.05, 4.69) is 15.5 Å². The highest BCUT2D eigenvalue weighted by atomic mass is 19.4. The lowest BCUT2D eigenvalue weighted by Crippen LogP contribution is -2.13. The summed E-state index contributed by atoms with van der Waals surface area (Å²) in [5, 5.41) is 12.7. The maximum absolute atomic E-state index is 13.3. The van der Waals surface area contributed by atoms with E-state index in [-0.39, 0.29) is 24.0 Å². The third-order valence-corrected chi connectivity index (χ3v) is 6.06. The van der Waals surface area contributed by atoms with Crippen molar-refractivity contribution in [2.45, 2.75) is 46.6 Å². The van der Waals surface area contributed by atoms with Crippen LogP contribution in [0.25, 0.3) is 16.5 Å². The van der Waals surface area contributed by atoms with Gasteiger partial charge in [-0.15, -0.1) is 5.10 Å². The molecule has 0 amide bonds. The van der Waals surface area contributed by atoms with E-state index < -0.39 is 23.5 Å². The van der Waals surface area contributed by atoms with Gasteiger partial charge in [0.25, 0.3) is 0 Å². The first kappa shape index (κ1) is 26.3. The summed E-state index contributed by atoms with van der Waals surface area (Å²) in [4.78, 5) is 0. The SMILES string of the molecule is CCOc1ccc(-n2c(C)c3c(C)nnc(NCc4cc(C(F)(F)F)cc(C(F)(F)F)c4)c3c2C)cc1. The van der Waals surface area contributed by atoms with Crippen LogP contribution >= 0.6 is 0 Å². The molecule has 0 unspecified atom stereocenters. The van der Waals surface area contributed by atoms with Crippen LogP contribution in [0.15, 0.2) is 42.5 Å². The second kappa shape index (κ2) is 9.60. The number of hydrogen-bond donors (Lipinski definition) is 1. The van der Waals surface area contributed by atoms with Crippen LogP contribution in [-0.4, -0.2) is 21.4 Å². The zero-order valence-electron chi connectivity index (χ0n) is 20.5. The van der Waals surface area contributed by atoms with Gasteiger partial charge in [-0.05, 0) is 75.7 Å². The van der Waals surface area contributed by atoms with Crippen LogP contribution < -0.4 is 10.1 Å². The van der Waals surface area contributed by atoms with E-state index in [1.807, 2.05) is 49.6 Å². The Bertz CT molecular complexity index is 1410. The first-order chi connectivity index (χ1) is 17.3. The molecule has 0 atom stereocenters. The summed E-state index contributed by atoms with van der Waals surface area (Å²) in [6.45, 7) is 7.67. The number of nitrogens with zero attached hydrogens (tertiary/aromatic N) is 3. The van der Waals surface area contributed by atoms with E-state index in [0.717, 1.165) is 28.2 Å². The van der Waals surface area contributed by atoms with E-state index in [4.69, 9.17) is 4.74 Å². The lowest BCUT2D eigenvalue weighted by Gasteiger charge is -2.15. The quantitative estimate of drug-likeness (QED) is 0.268. The molecule has 0 radical (unpaired) electrons. The molecule has 0 aliphatic rings. The fourth-order valence-corrected chi connectivity index (χ4v) is 4.47. The molecule has 4 rings (SSSR count). The number of aryl methyl sites for hydroxylation is 3. The van der Waals surface area contributed by atoms with Crippen molar-refractivity contribution in [2.75, 3.05) is 11.9 Å². The summed E-state index contributed by atoms with van der Waals surface area (Å²) >= 11 is 0. The fourth-order valence-electron chi connectivity index (χ4n) is 4.47. The smallest absolute Gasteiger partial charge is 0.416 e. The zero-order valence-corrected chi connectivity index (χ0v) is 20.5. The molecule has 0 saturated carbocycles. The Morgan fingerprint density at radius 3 is 1.92 bits per heavy atom. The fraction of sp³-hybridized carbons (Fsp3) is 0.308. The van der Waals surface area contributed by atoms with Crippen LogP contribution in [0.5, 0.6) is 5.75 Å². The number of fused-ring (bicyclic) bond motifs is 1.